The zero-order valence-electron chi connectivity index (χ0n) is 14.8. The minimum Gasteiger partial charge on any atom is -0.444 e. The highest BCUT2D eigenvalue weighted by Gasteiger charge is 2.26. The molecule has 1 N–H and O–H groups in total. The summed E-state index contributed by atoms with van der Waals surface area (Å²) >= 11 is 0. The number of likely N-dealkylation sites (tertiary alicyclic amines) is 1. The van der Waals surface area contributed by atoms with Gasteiger partial charge in [-0.25, -0.2) is 9.78 Å². The number of amides is 1. The number of nitrogens with zero attached hydrogens (tertiary/aromatic N) is 3. The summed E-state index contributed by atoms with van der Waals surface area (Å²) in [4.78, 5) is 18.2. The molecule has 0 aliphatic carbocycles. The average Bonchev–Trinajstić information content (AvgIpc) is 2.88. The van der Waals surface area contributed by atoms with Crippen molar-refractivity contribution >= 4 is 6.09 Å². The molecule has 2 heterocycles. The Labute approximate surface area is 139 Å². The predicted octanol–water partition coefficient (Wildman–Crippen LogP) is 2.20. The van der Waals surface area contributed by atoms with Gasteiger partial charge in [-0.3, -0.25) is 0 Å². The van der Waals surface area contributed by atoms with Gasteiger partial charge in [0.2, 0.25) is 0 Å². The number of ether oxygens (including phenoxy) is 1. The first-order chi connectivity index (χ1) is 10.8. The van der Waals surface area contributed by atoms with Crippen molar-refractivity contribution < 1.29 is 9.53 Å². The fourth-order valence-electron chi connectivity index (χ4n) is 2.79. The second-order valence-corrected chi connectivity index (χ2v) is 7.32. The highest BCUT2D eigenvalue weighted by molar-refractivity contribution is 5.68. The lowest BCUT2D eigenvalue weighted by atomic mass is 9.97. The van der Waals surface area contributed by atoms with E-state index in [1.807, 2.05) is 45.1 Å². The number of piperidine rings is 1. The lowest BCUT2D eigenvalue weighted by Crippen LogP contribution is -2.43. The molecule has 1 aliphatic heterocycles. The lowest BCUT2D eigenvalue weighted by Gasteiger charge is -2.33. The van der Waals surface area contributed by atoms with E-state index < -0.39 is 5.60 Å². The summed E-state index contributed by atoms with van der Waals surface area (Å²) in [5.41, 5.74) is -0.416. The van der Waals surface area contributed by atoms with Crippen molar-refractivity contribution in [2.75, 3.05) is 26.2 Å². The molecule has 2 rings (SSSR count). The van der Waals surface area contributed by atoms with Gasteiger partial charge in [-0.15, -0.1) is 0 Å². The molecule has 0 bridgehead atoms. The summed E-state index contributed by atoms with van der Waals surface area (Å²) in [5.74, 6) is 1.74. The van der Waals surface area contributed by atoms with Crippen LogP contribution in [0.4, 0.5) is 4.79 Å². The summed E-state index contributed by atoms with van der Waals surface area (Å²) in [7, 11) is 2.02. The molecule has 0 unspecified atom stereocenters. The number of imidazole rings is 1. The fourth-order valence-corrected chi connectivity index (χ4v) is 2.79. The van der Waals surface area contributed by atoms with E-state index in [9.17, 15) is 4.79 Å². The zero-order chi connectivity index (χ0) is 16.9. The molecule has 6 heteroatoms. The average molecular weight is 322 g/mol. The van der Waals surface area contributed by atoms with Crippen LogP contribution in [0.1, 0.15) is 39.4 Å². The molecule has 23 heavy (non-hydrogen) atoms. The monoisotopic (exact) mass is 322 g/mol. The van der Waals surface area contributed by atoms with Crippen LogP contribution in [0.25, 0.3) is 0 Å². The molecule has 0 spiro atoms. The van der Waals surface area contributed by atoms with Crippen LogP contribution < -0.4 is 5.32 Å². The largest absolute Gasteiger partial charge is 0.444 e. The summed E-state index contributed by atoms with van der Waals surface area (Å²) in [6, 6.07) is 0. The summed E-state index contributed by atoms with van der Waals surface area (Å²) < 4.78 is 7.48. The Kier molecular flexibility index (Phi) is 6.04. The van der Waals surface area contributed by atoms with E-state index in [0.29, 0.717) is 5.92 Å². The molecule has 1 amide bonds. The van der Waals surface area contributed by atoms with Crippen LogP contribution in [0.15, 0.2) is 12.4 Å². The molecule has 0 saturated carbocycles. The van der Waals surface area contributed by atoms with Gasteiger partial charge in [0.05, 0.1) is 0 Å². The highest BCUT2D eigenvalue weighted by atomic mass is 16.6. The minimum atomic E-state index is -0.416. The van der Waals surface area contributed by atoms with Crippen molar-refractivity contribution in [3.05, 3.63) is 18.2 Å². The summed E-state index contributed by atoms with van der Waals surface area (Å²) in [6.45, 7) is 9.25. The molecule has 1 fully saturated rings. The predicted molar refractivity (Wildman–Crippen MR) is 90.3 cm³/mol. The van der Waals surface area contributed by atoms with E-state index in [-0.39, 0.29) is 6.09 Å². The van der Waals surface area contributed by atoms with Gasteiger partial charge in [0.25, 0.3) is 0 Å². The number of rotatable bonds is 5. The van der Waals surface area contributed by atoms with E-state index in [2.05, 4.69) is 14.9 Å². The molecule has 1 aliphatic rings. The Bertz CT molecular complexity index is 499. The number of carbonyl (C=O) groups excluding carboxylic acids is 1. The van der Waals surface area contributed by atoms with Crippen LogP contribution in [-0.2, 0) is 18.2 Å². The van der Waals surface area contributed by atoms with Crippen LogP contribution in [-0.4, -0.2) is 52.3 Å². The molecule has 1 aromatic heterocycles. The number of aromatic nitrogens is 2. The first kappa shape index (κ1) is 17.8. The maximum Gasteiger partial charge on any atom is 0.410 e. The molecule has 0 radical (unpaired) electrons. The Morgan fingerprint density at radius 3 is 2.65 bits per heavy atom. The van der Waals surface area contributed by atoms with Gasteiger partial charge in [0, 0.05) is 45.5 Å². The minimum absolute atomic E-state index is 0.182. The number of hydrogen-bond acceptors (Lipinski definition) is 4. The Morgan fingerprint density at radius 1 is 1.39 bits per heavy atom. The molecule has 1 aromatic rings. The quantitative estimate of drug-likeness (QED) is 0.844. The molecular formula is C17H30N4O2. The van der Waals surface area contributed by atoms with Gasteiger partial charge in [-0.05, 0) is 46.1 Å². The third-order valence-corrected chi connectivity index (χ3v) is 4.15. The standard InChI is InChI=1S/C17H30N4O2/c1-17(2,3)23-16(22)21-10-6-14(7-11-21)13-18-8-5-15-19-9-12-20(15)4/h9,12,14,18H,5-8,10-11,13H2,1-4H3. The van der Waals surface area contributed by atoms with Crippen molar-refractivity contribution in [2.24, 2.45) is 13.0 Å². The van der Waals surface area contributed by atoms with E-state index in [1.165, 1.54) is 0 Å². The zero-order valence-corrected chi connectivity index (χ0v) is 14.8. The molecular weight excluding hydrogens is 292 g/mol. The third-order valence-electron chi connectivity index (χ3n) is 4.15. The van der Waals surface area contributed by atoms with Crippen molar-refractivity contribution in [3.63, 3.8) is 0 Å². The van der Waals surface area contributed by atoms with E-state index in [0.717, 1.165) is 51.3 Å². The number of aryl methyl sites for hydroxylation is 1. The van der Waals surface area contributed by atoms with E-state index >= 15 is 0 Å². The van der Waals surface area contributed by atoms with E-state index in [1.54, 1.807) is 0 Å². The SMILES string of the molecule is Cn1ccnc1CCNCC1CCN(C(=O)OC(C)(C)C)CC1. The Balaban J connectivity index is 1.61. The van der Waals surface area contributed by atoms with Gasteiger partial charge in [0.15, 0.2) is 0 Å². The Morgan fingerprint density at radius 2 is 2.09 bits per heavy atom. The third kappa shape index (κ3) is 5.86. The van der Waals surface area contributed by atoms with Crippen molar-refractivity contribution in [1.82, 2.24) is 19.8 Å². The van der Waals surface area contributed by atoms with Crippen LogP contribution in [0, 0.1) is 5.92 Å². The molecule has 0 atom stereocenters. The topological polar surface area (TPSA) is 59.4 Å². The molecule has 0 aromatic carbocycles. The van der Waals surface area contributed by atoms with Crippen LogP contribution in [0.3, 0.4) is 0 Å². The maximum absolute atomic E-state index is 12.0. The van der Waals surface area contributed by atoms with Gasteiger partial charge >= 0.3 is 6.09 Å². The molecule has 130 valence electrons. The fraction of sp³-hybridized carbons (Fsp3) is 0.765. The van der Waals surface area contributed by atoms with Crippen LogP contribution in [0.2, 0.25) is 0 Å². The van der Waals surface area contributed by atoms with Crippen molar-refractivity contribution in [2.45, 2.75) is 45.6 Å². The van der Waals surface area contributed by atoms with Crippen LogP contribution >= 0.6 is 0 Å². The smallest absolute Gasteiger partial charge is 0.410 e. The number of nitrogens with one attached hydrogen (secondary N) is 1. The van der Waals surface area contributed by atoms with Crippen molar-refractivity contribution in [1.29, 1.82) is 0 Å². The lowest BCUT2D eigenvalue weighted by molar-refractivity contribution is 0.0184. The van der Waals surface area contributed by atoms with Gasteiger partial charge < -0.3 is 19.5 Å². The highest BCUT2D eigenvalue weighted by Crippen LogP contribution is 2.19. The normalized spacial score (nSPS) is 16.6. The van der Waals surface area contributed by atoms with Gasteiger partial charge in [-0.1, -0.05) is 0 Å². The molecule has 1 saturated heterocycles. The number of hydrogen-bond donors (Lipinski definition) is 1. The Hall–Kier alpha value is -1.56. The van der Waals surface area contributed by atoms with Gasteiger partial charge in [-0.2, -0.15) is 0 Å². The number of carbonyl (C=O) groups is 1. The second-order valence-electron chi connectivity index (χ2n) is 7.32. The van der Waals surface area contributed by atoms with Gasteiger partial charge in [0.1, 0.15) is 11.4 Å². The molecule has 6 nitrogen and oxygen atoms in total. The first-order valence-electron chi connectivity index (χ1n) is 8.50. The first-order valence-corrected chi connectivity index (χ1v) is 8.50. The van der Waals surface area contributed by atoms with Crippen LogP contribution in [0.5, 0.6) is 0 Å². The summed E-state index contributed by atoms with van der Waals surface area (Å²) in [6.07, 6.45) is 6.64. The van der Waals surface area contributed by atoms with Crippen molar-refractivity contribution in [3.8, 4) is 0 Å². The second kappa shape index (κ2) is 7.81. The summed E-state index contributed by atoms with van der Waals surface area (Å²) in [5, 5.41) is 3.51. The maximum atomic E-state index is 12.0. The van der Waals surface area contributed by atoms with E-state index in [4.69, 9.17) is 4.74 Å².